The van der Waals surface area contributed by atoms with E-state index in [1.807, 2.05) is 13.8 Å². The third-order valence-electron chi connectivity index (χ3n) is 6.10. The van der Waals surface area contributed by atoms with Gasteiger partial charge in [0.15, 0.2) is 5.13 Å². The molecular weight excluding hydrogens is 410 g/mol. The van der Waals surface area contributed by atoms with Gasteiger partial charge in [0.05, 0.1) is 17.6 Å². The van der Waals surface area contributed by atoms with Gasteiger partial charge in [0.25, 0.3) is 0 Å². The van der Waals surface area contributed by atoms with Crippen LogP contribution in [0.25, 0.3) is 11.1 Å². The predicted molar refractivity (Wildman–Crippen MR) is 126 cm³/mol. The molecule has 2 N–H and O–H groups in total. The highest BCUT2D eigenvalue weighted by atomic mass is 32.1. The Labute approximate surface area is 186 Å². The van der Waals surface area contributed by atoms with Crippen LogP contribution in [-0.4, -0.2) is 68.6 Å². The molecule has 1 saturated heterocycles. The number of aromatic amines is 1. The first-order chi connectivity index (χ1) is 14.8. The average molecular weight is 440 g/mol. The maximum Gasteiger partial charge on any atom is 0.187 e. The van der Waals surface area contributed by atoms with Gasteiger partial charge < -0.3 is 14.9 Å². The molecule has 0 bridgehead atoms. The van der Waals surface area contributed by atoms with E-state index in [0.29, 0.717) is 23.5 Å². The normalized spacial score (nSPS) is 20.2. The molecule has 0 aliphatic carbocycles. The molecule has 4 heterocycles. The zero-order valence-electron chi connectivity index (χ0n) is 18.6. The summed E-state index contributed by atoms with van der Waals surface area (Å²) in [6.45, 7) is 7.22. The summed E-state index contributed by atoms with van der Waals surface area (Å²) in [7, 11) is 4.32. The van der Waals surface area contributed by atoms with Crippen LogP contribution in [0.3, 0.4) is 0 Å². The third kappa shape index (κ3) is 4.47. The van der Waals surface area contributed by atoms with E-state index in [2.05, 4.69) is 46.0 Å². The number of aryl methyl sites for hydroxylation is 1. The second kappa shape index (κ2) is 8.76. The van der Waals surface area contributed by atoms with E-state index >= 15 is 0 Å². The Hall–Kier alpha value is -2.78. The zero-order valence-corrected chi connectivity index (χ0v) is 19.4. The number of hydrogen-bond acceptors (Lipinski definition) is 8. The average Bonchev–Trinajstić information content (AvgIpc) is 3.40. The van der Waals surface area contributed by atoms with Gasteiger partial charge in [0.1, 0.15) is 16.4 Å². The smallest absolute Gasteiger partial charge is 0.187 e. The maximum atomic E-state index is 10.5. The number of aromatic hydroxyl groups is 1. The zero-order chi connectivity index (χ0) is 22.1. The van der Waals surface area contributed by atoms with Gasteiger partial charge >= 0.3 is 0 Å². The van der Waals surface area contributed by atoms with Crippen LogP contribution >= 0.6 is 11.3 Å². The number of likely N-dealkylation sites (tertiary alicyclic amines) is 1. The first-order valence-corrected chi connectivity index (χ1v) is 11.3. The molecule has 0 radical (unpaired) electrons. The summed E-state index contributed by atoms with van der Waals surface area (Å²) >= 11 is 1.59. The molecule has 1 aliphatic rings. The first kappa shape index (κ1) is 21.5. The Morgan fingerprint density at radius 2 is 2.16 bits per heavy atom. The van der Waals surface area contributed by atoms with Gasteiger partial charge in [-0.25, -0.2) is 9.98 Å². The van der Waals surface area contributed by atoms with Crippen molar-refractivity contribution >= 4 is 27.2 Å². The summed E-state index contributed by atoms with van der Waals surface area (Å²) in [5.41, 5.74) is 3.69. The molecule has 0 amide bonds. The first-order valence-electron chi connectivity index (χ1n) is 10.5. The molecule has 8 nitrogen and oxygen atoms in total. The molecule has 2 atom stereocenters. The van der Waals surface area contributed by atoms with E-state index in [4.69, 9.17) is 9.98 Å². The van der Waals surface area contributed by atoms with Gasteiger partial charge in [-0.15, -0.1) is 0 Å². The number of aliphatic imine (C=N–C) groups is 1. The van der Waals surface area contributed by atoms with Crippen molar-refractivity contribution in [1.82, 2.24) is 25.1 Å². The van der Waals surface area contributed by atoms with Crippen molar-refractivity contribution in [1.29, 1.82) is 0 Å². The third-order valence-corrected chi connectivity index (χ3v) is 7.24. The van der Waals surface area contributed by atoms with Crippen molar-refractivity contribution in [3.05, 3.63) is 36.0 Å². The Morgan fingerprint density at radius 1 is 1.35 bits per heavy atom. The van der Waals surface area contributed by atoms with Crippen molar-refractivity contribution in [2.24, 2.45) is 4.99 Å². The van der Waals surface area contributed by atoms with Gasteiger partial charge in [-0.05, 0) is 46.7 Å². The van der Waals surface area contributed by atoms with Crippen LogP contribution in [0.5, 0.6) is 5.75 Å². The molecule has 164 valence electrons. The minimum atomic E-state index is 0.0970. The van der Waals surface area contributed by atoms with E-state index in [1.54, 1.807) is 36.0 Å². The van der Waals surface area contributed by atoms with Gasteiger partial charge in [-0.2, -0.15) is 5.10 Å². The standard InChI is InChI=1S/C22H29N7OS/c1-13-8-18(6-7-28(13)4)29(5)22-27-15(3)21(31-22)26-14(2)20-19(30)9-16(10-23-20)17-11-24-25-12-17/h9-13,18,30H,6-8H2,1-5H3,(H,24,25)/b26-14+. The number of hydrogen-bond donors (Lipinski definition) is 2. The minimum absolute atomic E-state index is 0.0970. The Kier molecular flexibility index (Phi) is 6.06. The maximum absolute atomic E-state index is 10.5. The van der Waals surface area contributed by atoms with Crippen molar-refractivity contribution < 1.29 is 5.11 Å². The van der Waals surface area contributed by atoms with E-state index in [0.717, 1.165) is 46.3 Å². The number of nitrogens with zero attached hydrogens (tertiary/aromatic N) is 6. The second-order valence-corrected chi connectivity index (χ2v) is 9.24. The highest BCUT2D eigenvalue weighted by Crippen LogP contribution is 2.36. The molecule has 3 aromatic heterocycles. The minimum Gasteiger partial charge on any atom is -0.506 e. The molecular formula is C22H29N7OS. The molecule has 1 aliphatic heterocycles. The van der Waals surface area contributed by atoms with Crippen molar-refractivity contribution in [2.75, 3.05) is 25.5 Å². The fourth-order valence-electron chi connectivity index (χ4n) is 3.91. The summed E-state index contributed by atoms with van der Waals surface area (Å²) in [6.07, 6.45) is 7.44. The SMILES string of the molecule is C/C(=N\c1sc(N(C)C2CCN(C)C(C)C2)nc1C)c1ncc(-c2cn[nH]c2)cc1O. The van der Waals surface area contributed by atoms with Crippen LogP contribution in [0.4, 0.5) is 10.1 Å². The topological polar surface area (TPSA) is 93.5 Å². The van der Waals surface area contributed by atoms with Crippen LogP contribution in [0.2, 0.25) is 0 Å². The number of pyridine rings is 1. The molecule has 4 rings (SSSR count). The number of aromatic nitrogens is 4. The largest absolute Gasteiger partial charge is 0.506 e. The fourth-order valence-corrected chi connectivity index (χ4v) is 4.93. The van der Waals surface area contributed by atoms with Gasteiger partial charge in [0.2, 0.25) is 0 Å². The molecule has 31 heavy (non-hydrogen) atoms. The number of H-pyrrole nitrogens is 1. The summed E-state index contributed by atoms with van der Waals surface area (Å²) in [4.78, 5) is 18.7. The summed E-state index contributed by atoms with van der Waals surface area (Å²) < 4.78 is 0. The number of rotatable bonds is 5. The lowest BCUT2D eigenvalue weighted by Gasteiger charge is -2.39. The summed E-state index contributed by atoms with van der Waals surface area (Å²) in [5, 5.41) is 19.1. The van der Waals surface area contributed by atoms with Crippen molar-refractivity contribution in [3.63, 3.8) is 0 Å². The Morgan fingerprint density at radius 3 is 2.84 bits per heavy atom. The molecule has 1 fully saturated rings. The van der Waals surface area contributed by atoms with Gasteiger partial charge in [-0.1, -0.05) is 11.3 Å². The number of thiazole rings is 1. The van der Waals surface area contributed by atoms with Crippen LogP contribution in [0.1, 0.15) is 38.1 Å². The van der Waals surface area contributed by atoms with E-state index in [-0.39, 0.29) is 5.75 Å². The van der Waals surface area contributed by atoms with Gasteiger partial charge in [-0.3, -0.25) is 10.1 Å². The van der Waals surface area contributed by atoms with E-state index < -0.39 is 0 Å². The van der Waals surface area contributed by atoms with E-state index in [9.17, 15) is 5.11 Å². The molecule has 0 spiro atoms. The lowest BCUT2D eigenvalue weighted by atomic mass is 9.98. The Balaban J connectivity index is 1.54. The van der Waals surface area contributed by atoms with E-state index in [1.165, 1.54) is 0 Å². The van der Waals surface area contributed by atoms with Crippen LogP contribution < -0.4 is 4.90 Å². The molecule has 2 unspecified atom stereocenters. The lowest BCUT2D eigenvalue weighted by molar-refractivity contribution is 0.181. The number of nitrogens with one attached hydrogen (secondary N) is 1. The molecule has 0 aromatic carbocycles. The lowest BCUT2D eigenvalue weighted by Crippen LogP contribution is -2.46. The van der Waals surface area contributed by atoms with Crippen LogP contribution in [-0.2, 0) is 0 Å². The highest BCUT2D eigenvalue weighted by molar-refractivity contribution is 7.19. The Bertz CT molecular complexity index is 1080. The van der Waals surface area contributed by atoms with Crippen molar-refractivity contribution in [2.45, 2.75) is 45.7 Å². The fraction of sp³-hybridized carbons (Fsp3) is 0.455. The van der Waals surface area contributed by atoms with Crippen LogP contribution in [0.15, 0.2) is 29.6 Å². The molecule has 0 saturated carbocycles. The summed E-state index contributed by atoms with van der Waals surface area (Å²) in [6, 6.07) is 2.74. The molecule has 9 heteroatoms. The second-order valence-electron chi connectivity index (χ2n) is 8.28. The highest BCUT2D eigenvalue weighted by Gasteiger charge is 2.27. The quantitative estimate of drug-likeness (QED) is 0.584. The number of anilines is 1. The predicted octanol–water partition coefficient (Wildman–Crippen LogP) is 4.00. The van der Waals surface area contributed by atoms with Crippen molar-refractivity contribution in [3.8, 4) is 16.9 Å². The monoisotopic (exact) mass is 439 g/mol. The van der Waals surface area contributed by atoms with Crippen LogP contribution in [0, 0.1) is 6.92 Å². The van der Waals surface area contributed by atoms with Gasteiger partial charge in [0, 0.05) is 49.2 Å². The number of piperidine rings is 1. The summed E-state index contributed by atoms with van der Waals surface area (Å²) in [5.74, 6) is 0.0970. The molecule has 3 aromatic rings.